The van der Waals surface area contributed by atoms with Crippen molar-refractivity contribution in [2.24, 2.45) is 0 Å². The number of hydrogen-bond donors (Lipinski definition) is 1. The molecule has 0 radical (unpaired) electrons. The second-order valence-corrected chi connectivity index (χ2v) is 4.35. The first-order chi connectivity index (χ1) is 10.6. The highest BCUT2D eigenvalue weighted by molar-refractivity contribution is 5.94. The van der Waals surface area contributed by atoms with Gasteiger partial charge < -0.3 is 24.3 Å². The smallest absolute Gasteiger partial charge is 0.315 e. The number of rotatable bonds is 8. The number of nitrogens with one attached hydrogen (secondary N) is 1. The largest absolute Gasteiger partial charge is 0.493 e. The topological polar surface area (TPSA) is 83.1 Å². The summed E-state index contributed by atoms with van der Waals surface area (Å²) in [5.74, 6) is 0.678. The van der Waals surface area contributed by atoms with Crippen molar-refractivity contribution in [3.8, 4) is 17.2 Å². The molecule has 1 aromatic carbocycles. The molecule has 0 aliphatic heterocycles. The Hall–Kier alpha value is -2.44. The minimum absolute atomic E-state index is 0.292. The first-order valence-electron chi connectivity index (χ1n) is 6.68. The van der Waals surface area contributed by atoms with Crippen molar-refractivity contribution in [2.75, 3.05) is 35.0 Å². The predicted molar refractivity (Wildman–Crippen MR) is 79.4 cm³/mol. The summed E-state index contributed by atoms with van der Waals surface area (Å²) in [7, 11) is 5.85. The van der Waals surface area contributed by atoms with Gasteiger partial charge in [-0.15, -0.1) is 0 Å². The third-order valence-electron chi connectivity index (χ3n) is 3.03. The Morgan fingerprint density at radius 3 is 2.23 bits per heavy atom. The van der Waals surface area contributed by atoms with Crippen LogP contribution in [-0.2, 0) is 20.7 Å². The second kappa shape index (κ2) is 8.76. The molecule has 0 atom stereocenters. The Labute approximate surface area is 129 Å². The molecule has 0 bridgehead atoms. The summed E-state index contributed by atoms with van der Waals surface area (Å²) < 4.78 is 20.3. The van der Waals surface area contributed by atoms with Crippen LogP contribution in [0.5, 0.6) is 17.2 Å². The number of amides is 1. The molecule has 1 rings (SSSR count). The monoisotopic (exact) mass is 311 g/mol. The zero-order chi connectivity index (χ0) is 16.5. The van der Waals surface area contributed by atoms with Crippen LogP contribution in [0.3, 0.4) is 0 Å². The lowest BCUT2D eigenvalue weighted by Gasteiger charge is -2.15. The number of benzene rings is 1. The van der Waals surface area contributed by atoms with Gasteiger partial charge in [-0.25, -0.2) is 0 Å². The zero-order valence-corrected chi connectivity index (χ0v) is 13.2. The molecule has 0 fully saturated rings. The molecule has 0 saturated carbocycles. The highest BCUT2D eigenvalue weighted by Gasteiger charge is 2.16. The van der Waals surface area contributed by atoms with E-state index in [0.717, 1.165) is 5.56 Å². The van der Waals surface area contributed by atoms with Crippen molar-refractivity contribution in [2.45, 2.75) is 12.8 Å². The minimum atomic E-state index is -0.568. The van der Waals surface area contributed by atoms with E-state index in [0.29, 0.717) is 30.2 Å². The minimum Gasteiger partial charge on any atom is -0.493 e. The van der Waals surface area contributed by atoms with E-state index in [1.54, 1.807) is 13.2 Å². The van der Waals surface area contributed by atoms with Gasteiger partial charge >= 0.3 is 5.97 Å². The Bertz CT molecular complexity index is 529. The number of hydrogen-bond acceptors (Lipinski definition) is 6. The molecule has 0 unspecified atom stereocenters. The molecule has 7 nitrogen and oxygen atoms in total. The number of carbonyl (C=O) groups is 2. The molecule has 0 saturated heterocycles. The van der Waals surface area contributed by atoms with Crippen molar-refractivity contribution >= 4 is 11.9 Å². The van der Waals surface area contributed by atoms with Gasteiger partial charge in [0.1, 0.15) is 6.42 Å². The van der Waals surface area contributed by atoms with E-state index in [-0.39, 0.29) is 12.3 Å². The number of carbonyl (C=O) groups excluding carboxylic acids is 2. The van der Waals surface area contributed by atoms with Crippen LogP contribution >= 0.6 is 0 Å². The molecular weight excluding hydrogens is 290 g/mol. The maximum Gasteiger partial charge on any atom is 0.315 e. The maximum atomic E-state index is 11.5. The summed E-state index contributed by atoms with van der Waals surface area (Å²) in [6, 6.07) is 3.61. The van der Waals surface area contributed by atoms with Gasteiger partial charge in [-0.3, -0.25) is 9.59 Å². The second-order valence-electron chi connectivity index (χ2n) is 4.35. The van der Waals surface area contributed by atoms with E-state index in [1.807, 2.05) is 6.07 Å². The number of ether oxygens (including phenoxy) is 4. The van der Waals surface area contributed by atoms with E-state index >= 15 is 0 Å². The highest BCUT2D eigenvalue weighted by Crippen LogP contribution is 2.39. The van der Waals surface area contributed by atoms with Gasteiger partial charge in [-0.1, -0.05) is 6.07 Å². The van der Waals surface area contributed by atoms with Gasteiger partial charge in [0.15, 0.2) is 11.5 Å². The molecule has 0 heterocycles. The molecule has 1 amide bonds. The zero-order valence-electron chi connectivity index (χ0n) is 13.2. The number of esters is 1. The van der Waals surface area contributed by atoms with Crippen LogP contribution in [0.1, 0.15) is 12.0 Å². The third-order valence-corrected chi connectivity index (χ3v) is 3.03. The van der Waals surface area contributed by atoms with E-state index in [4.69, 9.17) is 14.2 Å². The fraction of sp³-hybridized carbons (Fsp3) is 0.467. The van der Waals surface area contributed by atoms with Gasteiger partial charge in [0, 0.05) is 12.1 Å². The summed E-state index contributed by atoms with van der Waals surface area (Å²) in [6.07, 6.45) is 0.232. The van der Waals surface area contributed by atoms with Gasteiger partial charge in [-0.2, -0.15) is 0 Å². The van der Waals surface area contributed by atoms with Gasteiger partial charge in [0.05, 0.1) is 28.4 Å². The third kappa shape index (κ3) is 4.54. The molecule has 0 aliphatic carbocycles. The predicted octanol–water partition coefficient (Wildman–Crippen LogP) is 0.934. The molecule has 0 aliphatic rings. The molecule has 1 aromatic rings. The van der Waals surface area contributed by atoms with Crippen molar-refractivity contribution < 1.29 is 28.5 Å². The van der Waals surface area contributed by atoms with Gasteiger partial charge in [0.25, 0.3) is 0 Å². The summed E-state index contributed by atoms with van der Waals surface area (Å²) in [5, 5.41) is 2.65. The lowest BCUT2D eigenvalue weighted by molar-refractivity contribution is -0.143. The lowest BCUT2D eigenvalue weighted by atomic mass is 10.1. The van der Waals surface area contributed by atoms with Gasteiger partial charge in [0.2, 0.25) is 11.7 Å². The van der Waals surface area contributed by atoms with E-state index in [2.05, 4.69) is 10.1 Å². The van der Waals surface area contributed by atoms with Crippen molar-refractivity contribution in [3.05, 3.63) is 17.7 Å². The molecular formula is C15H21NO6. The lowest BCUT2D eigenvalue weighted by Crippen LogP contribution is -2.28. The van der Waals surface area contributed by atoms with Crippen molar-refractivity contribution in [1.82, 2.24) is 5.32 Å². The van der Waals surface area contributed by atoms with Crippen LogP contribution in [-0.4, -0.2) is 46.9 Å². The van der Waals surface area contributed by atoms with E-state index in [1.165, 1.54) is 21.3 Å². The van der Waals surface area contributed by atoms with Crippen LogP contribution in [0.4, 0.5) is 0 Å². The average molecular weight is 311 g/mol. The SMILES string of the molecule is COC(=O)CC(=O)NCCc1ccc(OC)c(OC)c1OC. The first kappa shape index (κ1) is 17.6. The van der Waals surface area contributed by atoms with Crippen LogP contribution in [0.15, 0.2) is 12.1 Å². The fourth-order valence-electron chi connectivity index (χ4n) is 1.96. The molecule has 0 spiro atoms. The van der Waals surface area contributed by atoms with Crippen LogP contribution in [0.25, 0.3) is 0 Å². The number of methoxy groups -OCH3 is 4. The van der Waals surface area contributed by atoms with E-state index in [9.17, 15) is 9.59 Å². The maximum absolute atomic E-state index is 11.5. The average Bonchev–Trinajstić information content (AvgIpc) is 2.53. The fourth-order valence-corrected chi connectivity index (χ4v) is 1.96. The van der Waals surface area contributed by atoms with Crippen LogP contribution < -0.4 is 19.5 Å². The molecule has 122 valence electrons. The Morgan fingerprint density at radius 1 is 1.00 bits per heavy atom. The summed E-state index contributed by atoms with van der Waals surface area (Å²) >= 11 is 0. The standard InChI is InChI=1S/C15H21NO6/c1-19-11-6-5-10(14(21-3)15(11)22-4)7-8-16-12(17)9-13(18)20-2/h5-6H,7-9H2,1-4H3,(H,16,17). The normalized spacial score (nSPS) is 9.82. The Morgan fingerprint density at radius 2 is 1.68 bits per heavy atom. The van der Waals surface area contributed by atoms with Crippen LogP contribution in [0, 0.1) is 0 Å². The highest BCUT2D eigenvalue weighted by atomic mass is 16.5. The van der Waals surface area contributed by atoms with Gasteiger partial charge in [-0.05, 0) is 12.5 Å². The molecule has 22 heavy (non-hydrogen) atoms. The van der Waals surface area contributed by atoms with E-state index < -0.39 is 5.97 Å². The summed E-state index contributed by atoms with van der Waals surface area (Å²) in [4.78, 5) is 22.5. The molecule has 0 aromatic heterocycles. The van der Waals surface area contributed by atoms with Crippen molar-refractivity contribution in [3.63, 3.8) is 0 Å². The quantitative estimate of drug-likeness (QED) is 0.568. The Balaban J connectivity index is 2.70. The molecule has 1 N–H and O–H groups in total. The molecule has 7 heteroatoms. The first-order valence-corrected chi connectivity index (χ1v) is 6.68. The van der Waals surface area contributed by atoms with Crippen LogP contribution in [0.2, 0.25) is 0 Å². The summed E-state index contributed by atoms with van der Waals surface area (Å²) in [5.41, 5.74) is 0.860. The van der Waals surface area contributed by atoms with Crippen molar-refractivity contribution in [1.29, 1.82) is 0 Å². The summed E-state index contributed by atoms with van der Waals surface area (Å²) in [6.45, 7) is 0.363. The Kier molecular flexibility index (Phi) is 7.01.